The normalized spacial score (nSPS) is 10.6. The molecule has 0 unspecified atom stereocenters. The first kappa shape index (κ1) is 15.4. The lowest BCUT2D eigenvalue weighted by Gasteiger charge is -2.01. The Labute approximate surface area is 144 Å². The first-order valence-corrected chi connectivity index (χ1v) is 8.63. The van der Waals surface area contributed by atoms with Crippen LogP contribution in [-0.2, 0) is 0 Å². The minimum Gasteiger partial charge on any atom is -0.288 e. The summed E-state index contributed by atoms with van der Waals surface area (Å²) < 4.78 is 1.15. The van der Waals surface area contributed by atoms with Gasteiger partial charge in [0.25, 0.3) is 0 Å². The van der Waals surface area contributed by atoms with Crippen molar-refractivity contribution in [2.45, 2.75) is 0 Å². The molecule has 0 bridgehead atoms. The zero-order chi connectivity index (χ0) is 15.7. The largest absolute Gasteiger partial charge is 0.288 e. The maximum Gasteiger partial charge on any atom is 0.202 e. The second kappa shape index (κ2) is 6.34. The number of benzene rings is 1. The fourth-order valence-electron chi connectivity index (χ4n) is 1.93. The Morgan fingerprint density at radius 1 is 0.636 bits per heavy atom. The van der Waals surface area contributed by atoms with Gasteiger partial charge in [0.1, 0.15) is 0 Å². The Hall–Kier alpha value is -1.46. The predicted octanol–water partition coefficient (Wildman–Crippen LogP) is 5.58. The molecule has 0 atom stereocenters. The molecular formula is C16H8Cl2O2S2. The summed E-state index contributed by atoms with van der Waals surface area (Å²) in [6.45, 7) is 0. The van der Waals surface area contributed by atoms with Gasteiger partial charge >= 0.3 is 0 Å². The lowest BCUT2D eigenvalue weighted by atomic mass is 10.0. The highest BCUT2D eigenvalue weighted by Crippen LogP contribution is 2.26. The van der Waals surface area contributed by atoms with Gasteiger partial charge in [-0.1, -0.05) is 47.5 Å². The molecule has 2 heterocycles. The Morgan fingerprint density at radius 2 is 1.00 bits per heavy atom. The smallest absolute Gasteiger partial charge is 0.202 e. The molecule has 1 aromatic carbocycles. The van der Waals surface area contributed by atoms with Crippen LogP contribution in [0.15, 0.2) is 48.5 Å². The van der Waals surface area contributed by atoms with E-state index in [0.29, 0.717) is 29.6 Å². The van der Waals surface area contributed by atoms with Crippen molar-refractivity contribution in [3.63, 3.8) is 0 Å². The van der Waals surface area contributed by atoms with Gasteiger partial charge < -0.3 is 0 Å². The average molecular weight is 367 g/mol. The molecule has 0 saturated carbocycles. The van der Waals surface area contributed by atoms with E-state index in [2.05, 4.69) is 0 Å². The Bertz CT molecular complexity index is 776. The first-order valence-electron chi connectivity index (χ1n) is 6.25. The lowest BCUT2D eigenvalue weighted by molar-refractivity contribution is 0.103. The van der Waals surface area contributed by atoms with Crippen LogP contribution in [0.2, 0.25) is 8.67 Å². The summed E-state index contributed by atoms with van der Waals surface area (Å²) in [5.41, 5.74) is 1.05. The molecule has 0 saturated heterocycles. The van der Waals surface area contributed by atoms with Crippen molar-refractivity contribution in [3.05, 3.63) is 78.1 Å². The molecule has 2 nitrogen and oxygen atoms in total. The molecule has 6 heteroatoms. The maximum absolute atomic E-state index is 12.3. The molecule has 110 valence electrons. The van der Waals surface area contributed by atoms with Crippen LogP contribution in [0.1, 0.15) is 30.5 Å². The van der Waals surface area contributed by atoms with Crippen LogP contribution in [0.3, 0.4) is 0 Å². The first-order chi connectivity index (χ1) is 10.5. The molecule has 2 aromatic heterocycles. The highest BCUT2D eigenvalue weighted by molar-refractivity contribution is 7.18. The van der Waals surface area contributed by atoms with E-state index in [0.717, 1.165) is 0 Å². The number of rotatable bonds is 4. The van der Waals surface area contributed by atoms with E-state index in [4.69, 9.17) is 23.2 Å². The van der Waals surface area contributed by atoms with Crippen molar-refractivity contribution in [1.82, 2.24) is 0 Å². The van der Waals surface area contributed by atoms with Gasteiger partial charge in [-0.05, 0) is 24.3 Å². The minimum atomic E-state index is -0.102. The fraction of sp³-hybridized carbons (Fsp3) is 0. The number of hydrogen-bond donors (Lipinski definition) is 0. The number of thiophene rings is 2. The molecule has 0 aliphatic rings. The topological polar surface area (TPSA) is 34.1 Å². The van der Waals surface area contributed by atoms with Crippen molar-refractivity contribution >= 4 is 57.4 Å². The molecule has 3 rings (SSSR count). The molecule has 22 heavy (non-hydrogen) atoms. The lowest BCUT2D eigenvalue weighted by Crippen LogP contribution is -2.02. The van der Waals surface area contributed by atoms with Crippen LogP contribution in [0.25, 0.3) is 0 Å². The van der Waals surface area contributed by atoms with E-state index in [1.54, 1.807) is 48.5 Å². The standard InChI is InChI=1S/C16H8Cl2O2S2/c17-13-7-5-11(21-13)15(19)9-1-2-10(4-3-9)16(20)12-6-8-14(18)22-12/h1-8H. The monoisotopic (exact) mass is 366 g/mol. The van der Waals surface area contributed by atoms with Gasteiger partial charge in [0, 0.05) is 11.1 Å². The summed E-state index contributed by atoms with van der Waals surface area (Å²) >= 11 is 14.2. The Kier molecular flexibility index (Phi) is 4.45. The van der Waals surface area contributed by atoms with Crippen LogP contribution in [0.5, 0.6) is 0 Å². The SMILES string of the molecule is O=C(c1ccc(C(=O)c2ccc(Cl)s2)cc1)c1ccc(Cl)s1. The van der Waals surface area contributed by atoms with Crippen LogP contribution < -0.4 is 0 Å². The van der Waals surface area contributed by atoms with E-state index in [-0.39, 0.29) is 11.6 Å². The molecule has 0 aliphatic carbocycles. The molecular weight excluding hydrogens is 359 g/mol. The minimum absolute atomic E-state index is 0.102. The van der Waals surface area contributed by atoms with E-state index in [1.165, 1.54) is 22.7 Å². The van der Waals surface area contributed by atoms with Crippen molar-refractivity contribution in [3.8, 4) is 0 Å². The summed E-state index contributed by atoms with van der Waals surface area (Å²) in [5.74, 6) is -0.204. The molecule has 0 spiro atoms. The number of carbonyl (C=O) groups is 2. The van der Waals surface area contributed by atoms with E-state index < -0.39 is 0 Å². The van der Waals surface area contributed by atoms with Crippen molar-refractivity contribution in [2.75, 3.05) is 0 Å². The number of carbonyl (C=O) groups excluding carboxylic acids is 2. The molecule has 0 radical (unpaired) electrons. The highest BCUT2D eigenvalue weighted by Gasteiger charge is 2.14. The van der Waals surface area contributed by atoms with Gasteiger partial charge in [-0.15, -0.1) is 22.7 Å². The summed E-state index contributed by atoms with van der Waals surface area (Å²) in [6.07, 6.45) is 0. The number of ketones is 2. The molecule has 0 N–H and O–H groups in total. The van der Waals surface area contributed by atoms with Crippen LogP contribution in [-0.4, -0.2) is 11.6 Å². The third-order valence-corrected chi connectivity index (χ3v) is 5.46. The molecule has 0 fully saturated rings. The summed E-state index contributed by atoms with van der Waals surface area (Å²) in [4.78, 5) is 25.7. The van der Waals surface area contributed by atoms with Crippen LogP contribution in [0, 0.1) is 0 Å². The third-order valence-electron chi connectivity index (χ3n) is 3.00. The Balaban J connectivity index is 1.83. The summed E-state index contributed by atoms with van der Waals surface area (Å²) in [6, 6.07) is 13.4. The average Bonchev–Trinajstić information content (AvgIpc) is 3.14. The fourth-order valence-corrected chi connectivity index (χ4v) is 3.94. The van der Waals surface area contributed by atoms with Crippen molar-refractivity contribution in [2.24, 2.45) is 0 Å². The van der Waals surface area contributed by atoms with Crippen LogP contribution >= 0.6 is 45.9 Å². The van der Waals surface area contributed by atoms with E-state index >= 15 is 0 Å². The van der Waals surface area contributed by atoms with Gasteiger partial charge in [-0.2, -0.15) is 0 Å². The summed E-state index contributed by atoms with van der Waals surface area (Å²) in [7, 11) is 0. The third kappa shape index (κ3) is 3.15. The number of halogens is 2. The molecule has 3 aromatic rings. The van der Waals surface area contributed by atoms with Gasteiger partial charge in [0.05, 0.1) is 18.4 Å². The maximum atomic E-state index is 12.3. The van der Waals surface area contributed by atoms with Gasteiger partial charge in [0.15, 0.2) is 0 Å². The van der Waals surface area contributed by atoms with Gasteiger partial charge in [-0.3, -0.25) is 9.59 Å². The van der Waals surface area contributed by atoms with E-state index in [9.17, 15) is 9.59 Å². The predicted molar refractivity (Wildman–Crippen MR) is 92.0 cm³/mol. The van der Waals surface area contributed by atoms with Gasteiger partial charge in [0.2, 0.25) is 11.6 Å². The number of hydrogen-bond acceptors (Lipinski definition) is 4. The van der Waals surface area contributed by atoms with E-state index in [1.807, 2.05) is 0 Å². The zero-order valence-electron chi connectivity index (χ0n) is 11.0. The van der Waals surface area contributed by atoms with Gasteiger partial charge in [-0.25, -0.2) is 0 Å². The second-order valence-electron chi connectivity index (χ2n) is 4.44. The zero-order valence-corrected chi connectivity index (χ0v) is 14.2. The quantitative estimate of drug-likeness (QED) is 0.564. The molecule has 0 amide bonds. The van der Waals surface area contributed by atoms with Crippen molar-refractivity contribution < 1.29 is 9.59 Å². The molecule has 0 aliphatic heterocycles. The van der Waals surface area contributed by atoms with Crippen molar-refractivity contribution in [1.29, 1.82) is 0 Å². The second-order valence-corrected chi connectivity index (χ2v) is 7.87. The highest BCUT2D eigenvalue weighted by atomic mass is 35.5. The Morgan fingerprint density at radius 3 is 1.27 bits per heavy atom. The summed E-state index contributed by atoms with van der Waals surface area (Å²) in [5, 5.41) is 0. The van der Waals surface area contributed by atoms with Crippen LogP contribution in [0.4, 0.5) is 0 Å².